The molecule has 0 saturated carbocycles. The lowest BCUT2D eigenvalue weighted by atomic mass is 9.90. The summed E-state index contributed by atoms with van der Waals surface area (Å²) in [7, 11) is 1.71. The van der Waals surface area contributed by atoms with Crippen molar-refractivity contribution in [1.29, 1.82) is 0 Å². The van der Waals surface area contributed by atoms with E-state index in [9.17, 15) is 4.79 Å². The van der Waals surface area contributed by atoms with Crippen molar-refractivity contribution in [2.75, 3.05) is 33.4 Å². The number of ether oxygens (including phenoxy) is 1. The van der Waals surface area contributed by atoms with E-state index in [1.807, 2.05) is 6.92 Å². The molecule has 0 aliphatic heterocycles. The number of hydrogen-bond acceptors (Lipinski definition) is 3. The van der Waals surface area contributed by atoms with Crippen LogP contribution in [0.25, 0.3) is 0 Å². The number of hydrogen-bond donors (Lipinski definition) is 2. The third kappa shape index (κ3) is 8.68. The lowest BCUT2D eigenvalue weighted by Gasteiger charge is -2.24. The molecule has 2 N–H and O–H groups in total. The molecule has 0 spiro atoms. The molecule has 16 heavy (non-hydrogen) atoms. The van der Waals surface area contributed by atoms with Gasteiger partial charge in [0.05, 0.1) is 6.54 Å². The van der Waals surface area contributed by atoms with Crippen LogP contribution in [-0.4, -0.2) is 39.3 Å². The molecule has 0 aromatic carbocycles. The Morgan fingerprint density at radius 2 is 2.06 bits per heavy atom. The Labute approximate surface area is 99.1 Å². The zero-order chi connectivity index (χ0) is 12.4. The third-order valence-electron chi connectivity index (χ3n) is 2.44. The van der Waals surface area contributed by atoms with Crippen molar-refractivity contribution in [1.82, 2.24) is 10.6 Å². The van der Waals surface area contributed by atoms with Crippen LogP contribution in [0.5, 0.6) is 0 Å². The first-order chi connectivity index (χ1) is 7.52. The van der Waals surface area contributed by atoms with Crippen LogP contribution >= 0.6 is 0 Å². The number of methoxy groups -OCH3 is 1. The lowest BCUT2D eigenvalue weighted by molar-refractivity contribution is -0.120. The van der Waals surface area contributed by atoms with Crippen LogP contribution < -0.4 is 10.6 Å². The molecule has 0 saturated heterocycles. The average Bonchev–Trinajstić information content (AvgIpc) is 2.23. The topological polar surface area (TPSA) is 50.4 Å². The van der Waals surface area contributed by atoms with Crippen LogP contribution in [-0.2, 0) is 9.53 Å². The highest BCUT2D eigenvalue weighted by atomic mass is 16.5. The van der Waals surface area contributed by atoms with Crippen molar-refractivity contribution < 1.29 is 9.53 Å². The molecule has 0 aliphatic carbocycles. The van der Waals surface area contributed by atoms with E-state index in [1.165, 1.54) is 0 Å². The van der Waals surface area contributed by atoms with Gasteiger partial charge in [-0.3, -0.25) is 4.79 Å². The number of amides is 1. The van der Waals surface area contributed by atoms with Gasteiger partial charge in [0, 0.05) is 26.8 Å². The van der Waals surface area contributed by atoms with Crippen molar-refractivity contribution in [3.05, 3.63) is 0 Å². The Morgan fingerprint density at radius 3 is 2.62 bits per heavy atom. The van der Waals surface area contributed by atoms with Gasteiger partial charge in [-0.1, -0.05) is 20.8 Å². The Kier molecular flexibility index (Phi) is 8.21. The SMILES string of the molecule is CCCNC(=O)CNCC(C)(C)CCOC. The number of carbonyl (C=O) groups is 1. The zero-order valence-electron chi connectivity index (χ0n) is 11.1. The molecule has 4 nitrogen and oxygen atoms in total. The normalized spacial score (nSPS) is 11.5. The fourth-order valence-corrected chi connectivity index (χ4v) is 1.31. The van der Waals surface area contributed by atoms with E-state index < -0.39 is 0 Å². The second-order valence-corrected chi connectivity index (χ2v) is 4.86. The predicted octanol–water partition coefficient (Wildman–Crippen LogP) is 1.16. The summed E-state index contributed by atoms with van der Waals surface area (Å²) in [6, 6.07) is 0. The Bertz CT molecular complexity index is 193. The minimum absolute atomic E-state index is 0.0735. The summed E-state index contributed by atoms with van der Waals surface area (Å²) in [5, 5.41) is 6.01. The molecular formula is C12H26N2O2. The van der Waals surface area contributed by atoms with E-state index in [1.54, 1.807) is 7.11 Å². The standard InChI is InChI=1S/C12H26N2O2/c1-5-7-14-11(15)9-13-10-12(2,3)6-8-16-4/h13H,5-10H2,1-4H3,(H,14,15). The van der Waals surface area contributed by atoms with Crippen LogP contribution in [0, 0.1) is 5.41 Å². The second kappa shape index (κ2) is 8.53. The van der Waals surface area contributed by atoms with Crippen LogP contribution in [0.1, 0.15) is 33.6 Å². The average molecular weight is 230 g/mol. The molecule has 0 heterocycles. The molecule has 4 heteroatoms. The summed E-state index contributed by atoms with van der Waals surface area (Å²) in [4.78, 5) is 11.3. The van der Waals surface area contributed by atoms with Gasteiger partial charge in [0.25, 0.3) is 0 Å². The summed E-state index contributed by atoms with van der Waals surface area (Å²) in [5.41, 5.74) is 0.168. The fraction of sp³-hybridized carbons (Fsp3) is 0.917. The minimum Gasteiger partial charge on any atom is -0.385 e. The molecule has 0 unspecified atom stereocenters. The quantitative estimate of drug-likeness (QED) is 0.625. The Morgan fingerprint density at radius 1 is 1.38 bits per heavy atom. The molecule has 0 fully saturated rings. The van der Waals surface area contributed by atoms with Gasteiger partial charge in [-0.15, -0.1) is 0 Å². The Hall–Kier alpha value is -0.610. The van der Waals surface area contributed by atoms with E-state index in [2.05, 4.69) is 24.5 Å². The molecule has 96 valence electrons. The van der Waals surface area contributed by atoms with Gasteiger partial charge >= 0.3 is 0 Å². The largest absolute Gasteiger partial charge is 0.385 e. The van der Waals surface area contributed by atoms with Crippen molar-refractivity contribution in [3.8, 4) is 0 Å². The number of rotatable bonds is 9. The van der Waals surface area contributed by atoms with Gasteiger partial charge in [-0.2, -0.15) is 0 Å². The molecule has 0 atom stereocenters. The lowest BCUT2D eigenvalue weighted by Crippen LogP contribution is -2.38. The fourth-order valence-electron chi connectivity index (χ4n) is 1.31. The maximum absolute atomic E-state index is 11.3. The first-order valence-corrected chi connectivity index (χ1v) is 5.98. The van der Waals surface area contributed by atoms with Crippen molar-refractivity contribution in [3.63, 3.8) is 0 Å². The number of carbonyl (C=O) groups excluding carboxylic acids is 1. The highest BCUT2D eigenvalue weighted by Gasteiger charge is 2.17. The number of nitrogens with one attached hydrogen (secondary N) is 2. The van der Waals surface area contributed by atoms with E-state index in [-0.39, 0.29) is 11.3 Å². The molecule has 0 radical (unpaired) electrons. The smallest absolute Gasteiger partial charge is 0.233 e. The van der Waals surface area contributed by atoms with Crippen molar-refractivity contribution in [2.45, 2.75) is 33.6 Å². The summed E-state index contributed by atoms with van der Waals surface area (Å²) >= 11 is 0. The molecule has 0 aromatic rings. The van der Waals surface area contributed by atoms with Gasteiger partial charge in [0.1, 0.15) is 0 Å². The van der Waals surface area contributed by atoms with Gasteiger partial charge in [0.15, 0.2) is 0 Å². The van der Waals surface area contributed by atoms with Gasteiger partial charge in [0.2, 0.25) is 5.91 Å². The first-order valence-electron chi connectivity index (χ1n) is 5.98. The molecule has 0 rings (SSSR count). The summed E-state index contributed by atoms with van der Waals surface area (Å²) in [5.74, 6) is 0.0735. The molecule has 0 bridgehead atoms. The predicted molar refractivity (Wildman–Crippen MR) is 66.4 cm³/mol. The molecular weight excluding hydrogens is 204 g/mol. The van der Waals surface area contributed by atoms with E-state index in [0.29, 0.717) is 6.54 Å². The highest BCUT2D eigenvalue weighted by Crippen LogP contribution is 2.18. The summed E-state index contributed by atoms with van der Waals surface area (Å²) < 4.78 is 5.05. The molecule has 1 amide bonds. The first kappa shape index (κ1) is 15.4. The highest BCUT2D eigenvalue weighted by molar-refractivity contribution is 5.77. The summed E-state index contributed by atoms with van der Waals surface area (Å²) in [6.45, 7) is 9.13. The van der Waals surface area contributed by atoms with Crippen molar-refractivity contribution in [2.24, 2.45) is 5.41 Å². The van der Waals surface area contributed by atoms with Crippen molar-refractivity contribution >= 4 is 5.91 Å². The summed E-state index contributed by atoms with van der Waals surface area (Å²) in [6.07, 6.45) is 1.97. The minimum atomic E-state index is 0.0735. The maximum atomic E-state index is 11.3. The van der Waals surface area contributed by atoms with Gasteiger partial charge in [-0.05, 0) is 18.3 Å². The van der Waals surface area contributed by atoms with Crippen LogP contribution in [0.3, 0.4) is 0 Å². The molecule has 0 aliphatic rings. The van der Waals surface area contributed by atoms with E-state index in [4.69, 9.17) is 4.74 Å². The van der Waals surface area contributed by atoms with Crippen LogP contribution in [0.4, 0.5) is 0 Å². The zero-order valence-corrected chi connectivity index (χ0v) is 11.1. The Balaban J connectivity index is 3.59. The molecule has 0 aromatic heterocycles. The van der Waals surface area contributed by atoms with E-state index in [0.717, 1.165) is 32.5 Å². The van der Waals surface area contributed by atoms with Crippen LogP contribution in [0.2, 0.25) is 0 Å². The maximum Gasteiger partial charge on any atom is 0.233 e. The second-order valence-electron chi connectivity index (χ2n) is 4.86. The third-order valence-corrected chi connectivity index (χ3v) is 2.44. The monoisotopic (exact) mass is 230 g/mol. The van der Waals surface area contributed by atoms with Gasteiger partial charge in [-0.25, -0.2) is 0 Å². The van der Waals surface area contributed by atoms with E-state index >= 15 is 0 Å². The van der Waals surface area contributed by atoms with Crippen LogP contribution in [0.15, 0.2) is 0 Å². The van der Waals surface area contributed by atoms with Gasteiger partial charge < -0.3 is 15.4 Å².